The van der Waals surface area contributed by atoms with Crippen molar-refractivity contribution in [2.24, 2.45) is 11.8 Å². The molecule has 1 fully saturated rings. The van der Waals surface area contributed by atoms with Crippen LogP contribution in [0.1, 0.15) is 63.9 Å². The van der Waals surface area contributed by atoms with Gasteiger partial charge in [0.2, 0.25) is 0 Å². The van der Waals surface area contributed by atoms with Crippen LogP contribution < -0.4 is 10.4 Å². The maximum Gasteiger partial charge on any atom is 0.303 e. The highest BCUT2D eigenvalue weighted by atomic mass is 32.1. The highest BCUT2D eigenvalue weighted by Gasteiger charge is 2.51. The number of carbonyl (C=O) groups is 2. The van der Waals surface area contributed by atoms with Crippen LogP contribution in [-0.4, -0.2) is 36.4 Å². The van der Waals surface area contributed by atoms with Gasteiger partial charge in [-0.15, -0.1) is 11.3 Å². The molecule has 1 aliphatic carbocycles. The van der Waals surface area contributed by atoms with Crippen molar-refractivity contribution in [3.8, 4) is 0 Å². The van der Waals surface area contributed by atoms with Gasteiger partial charge in [0.25, 0.3) is 8.32 Å². The predicted molar refractivity (Wildman–Crippen MR) is 190 cm³/mol. The van der Waals surface area contributed by atoms with Crippen molar-refractivity contribution in [2.75, 3.05) is 0 Å². The number of allylic oxidation sites excluding steroid dienone is 2. The fourth-order valence-corrected chi connectivity index (χ4v) is 12.5. The number of carbonyl (C=O) groups excluding carboxylic acids is 1. The molecule has 0 radical (unpaired) electrons. The molecule has 0 aliphatic heterocycles. The van der Waals surface area contributed by atoms with E-state index >= 15 is 0 Å². The van der Waals surface area contributed by atoms with Crippen LogP contribution in [0.2, 0.25) is 5.04 Å². The van der Waals surface area contributed by atoms with Crippen LogP contribution in [0.25, 0.3) is 10.1 Å². The second-order valence-corrected chi connectivity index (χ2v) is 18.6. The number of fused-ring (bicyclic) bond motifs is 1. The molecular weight excluding hydrogens is 609 g/mol. The van der Waals surface area contributed by atoms with E-state index in [0.717, 1.165) is 10.3 Å². The van der Waals surface area contributed by atoms with Gasteiger partial charge in [-0.2, -0.15) is 0 Å². The van der Waals surface area contributed by atoms with Crippen molar-refractivity contribution in [3.63, 3.8) is 0 Å². The quantitative estimate of drug-likeness (QED) is 0.0874. The molecule has 5 nitrogen and oxygen atoms in total. The Labute approximate surface area is 277 Å². The number of benzene rings is 3. The molecule has 1 aliphatic rings. The lowest BCUT2D eigenvalue weighted by molar-refractivity contribution is -0.137. The summed E-state index contributed by atoms with van der Waals surface area (Å²) in [6, 6.07) is 31.7. The number of rotatable bonds is 13. The highest BCUT2D eigenvalue weighted by molar-refractivity contribution is 7.19. The van der Waals surface area contributed by atoms with Gasteiger partial charge in [0.1, 0.15) is 5.78 Å². The summed E-state index contributed by atoms with van der Waals surface area (Å²) in [6.07, 6.45) is 8.84. The molecule has 1 aromatic heterocycles. The van der Waals surface area contributed by atoms with Gasteiger partial charge in [0.15, 0.2) is 0 Å². The number of hydrogen-bond acceptors (Lipinski definition) is 5. The molecule has 4 aromatic rings. The molecule has 1 saturated carbocycles. The SMILES string of the molecule is CC(C)(C)[Si](OC(C=C[C@H]1[C@H](O)CC(=O)[C@@H]1CC=CCCCC(=O)O)c1cc2ccccc2s1)(c1ccccc1)c1ccccc1. The third-order valence-electron chi connectivity index (χ3n) is 9.00. The number of thiophene rings is 1. The molecule has 7 heteroatoms. The summed E-state index contributed by atoms with van der Waals surface area (Å²) in [5, 5.41) is 23.3. The van der Waals surface area contributed by atoms with Gasteiger partial charge in [-0.1, -0.05) is 124 Å². The molecule has 0 saturated heterocycles. The third-order valence-corrected chi connectivity index (χ3v) is 15.2. The molecule has 240 valence electrons. The fourth-order valence-electron chi connectivity index (χ4n) is 6.70. The number of Topliss-reactive ketones (excluding diaryl/α,β-unsaturated/α-hetero) is 1. The second-order valence-electron chi connectivity index (χ2n) is 13.2. The van der Waals surface area contributed by atoms with Gasteiger partial charge < -0.3 is 14.6 Å². The minimum Gasteiger partial charge on any atom is -0.481 e. The van der Waals surface area contributed by atoms with E-state index in [9.17, 15) is 14.7 Å². The van der Waals surface area contributed by atoms with Crippen LogP contribution in [0, 0.1) is 11.8 Å². The Morgan fingerprint density at radius 1 is 0.978 bits per heavy atom. The van der Waals surface area contributed by atoms with Gasteiger partial charge in [-0.3, -0.25) is 9.59 Å². The van der Waals surface area contributed by atoms with Gasteiger partial charge in [0.05, 0.1) is 12.2 Å². The summed E-state index contributed by atoms with van der Waals surface area (Å²) >= 11 is 1.72. The van der Waals surface area contributed by atoms with E-state index in [1.165, 1.54) is 15.1 Å². The zero-order valence-electron chi connectivity index (χ0n) is 26.8. The highest BCUT2D eigenvalue weighted by Crippen LogP contribution is 2.43. The van der Waals surface area contributed by atoms with Crippen LogP contribution in [0.3, 0.4) is 0 Å². The standard InChI is InChI=1S/C39H44O5SSi/c1-39(2,3)46(29-17-8-6-9-18-29,30-19-10-7-11-20-30)44-35(37-26-28-16-14-15-22-36(28)45-37)25-24-32-31(33(40)27-34(32)41)21-12-4-5-13-23-38(42)43/h4,6-12,14-20,22,24-26,31-32,34-35,41H,5,13,21,23,27H2,1-3H3,(H,42,43)/t31-,32-,34-,35?/m1/s1. The van der Waals surface area contributed by atoms with E-state index in [1.807, 2.05) is 36.4 Å². The molecule has 4 atom stereocenters. The van der Waals surface area contributed by atoms with E-state index in [0.29, 0.717) is 19.3 Å². The number of aliphatic hydroxyl groups is 1. The van der Waals surface area contributed by atoms with Crippen LogP contribution in [0.4, 0.5) is 0 Å². The van der Waals surface area contributed by atoms with Gasteiger partial charge in [-0.05, 0) is 52.2 Å². The van der Waals surface area contributed by atoms with E-state index in [-0.39, 0.29) is 35.5 Å². The maximum absolute atomic E-state index is 13.0. The first-order valence-electron chi connectivity index (χ1n) is 16.1. The number of hydrogen-bond donors (Lipinski definition) is 2. The molecule has 0 bridgehead atoms. The second kappa shape index (κ2) is 14.9. The van der Waals surface area contributed by atoms with Crippen LogP contribution in [0.15, 0.2) is 115 Å². The molecule has 0 amide bonds. The predicted octanol–water partition coefficient (Wildman–Crippen LogP) is 7.84. The van der Waals surface area contributed by atoms with Crippen molar-refractivity contribution in [1.82, 2.24) is 0 Å². The monoisotopic (exact) mass is 652 g/mol. The number of ketones is 1. The molecule has 2 N–H and O–H groups in total. The zero-order chi connectivity index (χ0) is 32.7. The summed E-state index contributed by atoms with van der Waals surface area (Å²) < 4.78 is 8.81. The lowest BCUT2D eigenvalue weighted by Gasteiger charge is -2.44. The smallest absolute Gasteiger partial charge is 0.303 e. The number of carboxylic acid groups (broad SMARTS) is 1. The Balaban J connectivity index is 1.54. The average molecular weight is 653 g/mol. The Morgan fingerprint density at radius 2 is 1.61 bits per heavy atom. The number of carboxylic acids is 1. The van der Waals surface area contributed by atoms with Crippen molar-refractivity contribution in [1.29, 1.82) is 0 Å². The van der Waals surface area contributed by atoms with E-state index in [1.54, 1.807) is 11.3 Å². The van der Waals surface area contributed by atoms with Gasteiger partial charge in [-0.25, -0.2) is 0 Å². The molecular formula is C39H44O5SSi. The Morgan fingerprint density at radius 3 is 2.22 bits per heavy atom. The Bertz CT molecular complexity index is 1600. The fraction of sp³-hybridized carbons (Fsp3) is 0.333. The number of aliphatic carboxylic acids is 1. The normalized spacial score (nSPS) is 19.8. The average Bonchev–Trinajstić information content (AvgIpc) is 3.58. The van der Waals surface area contributed by atoms with E-state index in [4.69, 9.17) is 9.53 Å². The van der Waals surface area contributed by atoms with Crippen molar-refractivity contribution in [3.05, 3.63) is 120 Å². The number of aliphatic hydroxyl groups excluding tert-OH is 1. The van der Waals surface area contributed by atoms with E-state index in [2.05, 4.69) is 99.6 Å². The molecule has 1 heterocycles. The van der Waals surface area contributed by atoms with Crippen molar-refractivity contribution < 1.29 is 24.2 Å². The summed E-state index contributed by atoms with van der Waals surface area (Å²) in [7, 11) is -2.94. The Kier molecular flexibility index (Phi) is 10.9. The third kappa shape index (κ3) is 7.50. The summed E-state index contributed by atoms with van der Waals surface area (Å²) in [5.74, 6) is -1.42. The maximum atomic E-state index is 13.0. The molecule has 46 heavy (non-hydrogen) atoms. The molecule has 3 aromatic carbocycles. The first-order chi connectivity index (χ1) is 22.1. The summed E-state index contributed by atoms with van der Waals surface area (Å²) in [5.41, 5.74) is 0. The Hall–Kier alpha value is -3.62. The van der Waals surface area contributed by atoms with Gasteiger partial charge >= 0.3 is 5.97 Å². The largest absolute Gasteiger partial charge is 0.481 e. The van der Waals surface area contributed by atoms with Crippen LogP contribution >= 0.6 is 11.3 Å². The van der Waals surface area contributed by atoms with E-state index < -0.39 is 26.5 Å². The van der Waals surface area contributed by atoms with Crippen molar-refractivity contribution in [2.45, 2.75) is 70.1 Å². The molecule has 5 rings (SSSR count). The first kappa shape index (κ1) is 33.7. The summed E-state index contributed by atoms with van der Waals surface area (Å²) in [4.78, 5) is 25.0. The minimum atomic E-state index is -2.94. The first-order valence-corrected chi connectivity index (χ1v) is 18.9. The van der Waals surface area contributed by atoms with Crippen LogP contribution in [0.5, 0.6) is 0 Å². The lowest BCUT2D eigenvalue weighted by Crippen LogP contribution is -2.66. The number of unbranched alkanes of at least 4 members (excludes halogenated alkanes) is 1. The molecule has 1 unspecified atom stereocenters. The van der Waals surface area contributed by atoms with Gasteiger partial charge in [0, 0.05) is 34.3 Å². The van der Waals surface area contributed by atoms with Crippen molar-refractivity contribution >= 4 is 51.9 Å². The zero-order valence-corrected chi connectivity index (χ0v) is 28.7. The molecule has 0 spiro atoms. The minimum absolute atomic E-state index is 0.0589. The summed E-state index contributed by atoms with van der Waals surface area (Å²) in [6.45, 7) is 6.80. The topological polar surface area (TPSA) is 83.8 Å². The van der Waals surface area contributed by atoms with Crippen LogP contribution in [-0.2, 0) is 14.0 Å². The lowest BCUT2D eigenvalue weighted by atomic mass is 9.90.